The summed E-state index contributed by atoms with van der Waals surface area (Å²) in [6.07, 6.45) is 6.02. The average molecular weight is 537 g/mol. The zero-order valence-electron chi connectivity index (χ0n) is 22.3. The maximum Gasteiger partial charge on any atom is 0.245 e. The van der Waals surface area contributed by atoms with Crippen LogP contribution in [-0.2, 0) is 29.0 Å². The van der Waals surface area contributed by atoms with Crippen LogP contribution >= 0.6 is 0 Å². The van der Waals surface area contributed by atoms with Crippen molar-refractivity contribution in [2.24, 2.45) is 0 Å². The van der Waals surface area contributed by atoms with E-state index < -0.39 is 0 Å². The van der Waals surface area contributed by atoms with Crippen molar-refractivity contribution in [3.8, 4) is 17.2 Å². The summed E-state index contributed by atoms with van der Waals surface area (Å²) in [5.74, 6) is 2.27. The summed E-state index contributed by atoms with van der Waals surface area (Å²) in [5.41, 5.74) is 4.30. The number of ether oxygens (including phenoxy) is 2. The highest BCUT2D eigenvalue weighted by Gasteiger charge is 2.32. The van der Waals surface area contributed by atoms with Gasteiger partial charge in [-0.15, -0.1) is 0 Å². The third-order valence-corrected chi connectivity index (χ3v) is 7.41. The first-order valence-electron chi connectivity index (χ1n) is 13.8. The Bertz CT molecular complexity index is 1480. The van der Waals surface area contributed by atoms with Gasteiger partial charge in [-0.1, -0.05) is 30.3 Å². The fourth-order valence-electron chi connectivity index (χ4n) is 5.39. The monoisotopic (exact) mass is 536 g/mol. The van der Waals surface area contributed by atoms with Crippen LogP contribution in [0.4, 0.5) is 0 Å². The minimum atomic E-state index is -0.267. The van der Waals surface area contributed by atoms with Gasteiger partial charge in [0.15, 0.2) is 0 Å². The number of rotatable bonds is 2. The van der Waals surface area contributed by atoms with Crippen molar-refractivity contribution in [1.29, 1.82) is 0 Å². The van der Waals surface area contributed by atoms with E-state index in [9.17, 15) is 9.59 Å². The van der Waals surface area contributed by atoms with E-state index in [1.54, 1.807) is 17.1 Å². The van der Waals surface area contributed by atoms with E-state index in [0.29, 0.717) is 39.0 Å². The van der Waals surface area contributed by atoms with Gasteiger partial charge < -0.3 is 19.7 Å². The van der Waals surface area contributed by atoms with Crippen LogP contribution in [0.3, 0.4) is 0 Å². The van der Waals surface area contributed by atoms with Gasteiger partial charge in [0.25, 0.3) is 0 Å². The van der Waals surface area contributed by atoms with Gasteiger partial charge in [-0.2, -0.15) is 5.10 Å². The van der Waals surface area contributed by atoms with Crippen LogP contribution in [0.15, 0.2) is 85.2 Å². The first-order chi connectivity index (χ1) is 19.6. The van der Waals surface area contributed by atoms with E-state index in [2.05, 4.69) is 22.5 Å². The first kappa shape index (κ1) is 25.7. The van der Waals surface area contributed by atoms with Crippen LogP contribution in [-0.4, -0.2) is 46.2 Å². The van der Waals surface area contributed by atoms with Crippen LogP contribution in [0.1, 0.15) is 41.1 Å². The van der Waals surface area contributed by atoms with Crippen molar-refractivity contribution in [2.45, 2.75) is 38.3 Å². The number of nitrogens with one attached hydrogen (secondary N) is 1. The van der Waals surface area contributed by atoms with Gasteiger partial charge >= 0.3 is 0 Å². The average Bonchev–Trinajstić information content (AvgIpc) is 3.49. The SMILES string of the molecule is O=C1CCc2ccc(cc2)Oc2ccc3c(c2)CCN(C(=O)Cn2cccn2)C3c2cccc(c2)OCCCN1. The molecule has 8 heteroatoms. The molecule has 0 radical (unpaired) electrons. The predicted octanol–water partition coefficient (Wildman–Crippen LogP) is 4.68. The molecule has 204 valence electrons. The number of carbonyl (C=O) groups is 2. The van der Waals surface area contributed by atoms with Gasteiger partial charge in [0.1, 0.15) is 23.8 Å². The Morgan fingerprint density at radius 3 is 2.67 bits per heavy atom. The lowest BCUT2D eigenvalue weighted by Crippen LogP contribution is -2.42. The quantitative estimate of drug-likeness (QED) is 0.402. The smallest absolute Gasteiger partial charge is 0.245 e. The standard InChI is InChI=1S/C32H32N4O4/c37-30-13-8-23-6-9-26(10-7-23)40-28-11-12-29-24(20-28)14-18-36(31(38)22-35-17-2-16-34-35)32(29)25-4-1-5-27(21-25)39-19-3-15-33-30/h1-2,4-7,9-12,16-17,20-21,32H,3,8,13-15,18-19,22H2,(H,33,37). The number of amides is 2. The Balaban J connectivity index is 1.35. The third-order valence-electron chi connectivity index (χ3n) is 7.41. The molecule has 0 fully saturated rings. The van der Waals surface area contributed by atoms with E-state index in [-0.39, 0.29) is 24.4 Å². The van der Waals surface area contributed by atoms with Crippen LogP contribution in [0.5, 0.6) is 17.2 Å². The molecule has 3 aromatic carbocycles. The Hall–Kier alpha value is -4.59. The van der Waals surface area contributed by atoms with Gasteiger partial charge in [-0.3, -0.25) is 14.3 Å². The molecule has 4 aliphatic heterocycles. The molecular weight excluding hydrogens is 504 g/mol. The van der Waals surface area contributed by atoms with Crippen molar-refractivity contribution in [2.75, 3.05) is 19.7 Å². The predicted molar refractivity (Wildman–Crippen MR) is 150 cm³/mol. The number of fused-ring (bicyclic) bond motifs is 1. The highest BCUT2D eigenvalue weighted by molar-refractivity contribution is 5.78. The van der Waals surface area contributed by atoms with E-state index in [4.69, 9.17) is 9.47 Å². The molecule has 8 bridgehead atoms. The summed E-state index contributed by atoms with van der Waals surface area (Å²) in [7, 11) is 0. The summed E-state index contributed by atoms with van der Waals surface area (Å²) in [6, 6.07) is 23.5. The molecule has 40 heavy (non-hydrogen) atoms. The lowest BCUT2D eigenvalue weighted by molar-refractivity contribution is -0.134. The number of hydrogen-bond acceptors (Lipinski definition) is 5. The Labute approximate surface area is 233 Å². The second-order valence-corrected chi connectivity index (χ2v) is 10.2. The van der Waals surface area contributed by atoms with Gasteiger partial charge in [0.05, 0.1) is 12.6 Å². The van der Waals surface area contributed by atoms with E-state index >= 15 is 0 Å². The van der Waals surface area contributed by atoms with Crippen LogP contribution in [0, 0.1) is 0 Å². The van der Waals surface area contributed by atoms with Crippen molar-refractivity contribution >= 4 is 11.8 Å². The first-order valence-corrected chi connectivity index (χ1v) is 13.8. The number of carbonyl (C=O) groups excluding carboxylic acids is 2. The topological polar surface area (TPSA) is 85.7 Å². The number of hydrogen-bond donors (Lipinski definition) is 1. The highest BCUT2D eigenvalue weighted by Crippen LogP contribution is 2.38. The van der Waals surface area contributed by atoms with Gasteiger partial charge in [0.2, 0.25) is 11.8 Å². The zero-order valence-corrected chi connectivity index (χ0v) is 22.3. The third kappa shape index (κ3) is 5.86. The lowest BCUT2D eigenvalue weighted by Gasteiger charge is -2.38. The normalized spacial score (nSPS) is 17.4. The van der Waals surface area contributed by atoms with Crippen molar-refractivity contribution in [1.82, 2.24) is 20.0 Å². The molecule has 4 aromatic rings. The Morgan fingerprint density at radius 2 is 1.82 bits per heavy atom. The maximum absolute atomic E-state index is 13.6. The number of nitrogens with zero attached hydrogens (tertiary/aromatic N) is 3. The molecule has 1 aromatic heterocycles. The molecule has 1 atom stereocenters. The number of aryl methyl sites for hydroxylation is 1. The van der Waals surface area contributed by atoms with E-state index in [0.717, 1.165) is 45.9 Å². The molecule has 0 spiro atoms. The molecule has 0 saturated heterocycles. The molecule has 8 nitrogen and oxygen atoms in total. The van der Waals surface area contributed by atoms with E-state index in [1.807, 2.05) is 65.6 Å². The molecule has 1 unspecified atom stereocenters. The summed E-state index contributed by atoms with van der Waals surface area (Å²) in [5, 5.41) is 7.21. The van der Waals surface area contributed by atoms with Crippen molar-refractivity contribution in [3.63, 3.8) is 0 Å². The van der Waals surface area contributed by atoms with Gasteiger partial charge in [0, 0.05) is 31.9 Å². The molecule has 4 aliphatic rings. The second-order valence-electron chi connectivity index (χ2n) is 10.2. The Morgan fingerprint density at radius 1 is 0.950 bits per heavy atom. The van der Waals surface area contributed by atoms with Crippen LogP contribution in [0.25, 0.3) is 0 Å². The van der Waals surface area contributed by atoms with E-state index in [1.165, 1.54) is 0 Å². The fourth-order valence-corrected chi connectivity index (χ4v) is 5.39. The molecule has 0 saturated carbocycles. The largest absolute Gasteiger partial charge is 0.494 e. The zero-order chi connectivity index (χ0) is 27.3. The highest BCUT2D eigenvalue weighted by atomic mass is 16.5. The number of benzene rings is 3. The van der Waals surface area contributed by atoms with Crippen LogP contribution in [0.2, 0.25) is 0 Å². The number of aromatic nitrogens is 2. The second kappa shape index (κ2) is 11.7. The maximum atomic E-state index is 13.6. The molecule has 8 rings (SSSR count). The molecule has 0 aliphatic carbocycles. The minimum Gasteiger partial charge on any atom is -0.494 e. The molecule has 2 amide bonds. The molecule has 1 N–H and O–H groups in total. The molecule has 5 heterocycles. The fraction of sp³-hybridized carbons (Fsp3) is 0.281. The van der Waals surface area contributed by atoms with Crippen LogP contribution < -0.4 is 14.8 Å². The van der Waals surface area contributed by atoms with Crippen molar-refractivity contribution < 1.29 is 19.1 Å². The van der Waals surface area contributed by atoms with Crippen molar-refractivity contribution in [3.05, 3.63) is 107 Å². The van der Waals surface area contributed by atoms with Gasteiger partial charge in [-0.25, -0.2) is 0 Å². The summed E-state index contributed by atoms with van der Waals surface area (Å²) in [4.78, 5) is 27.8. The van der Waals surface area contributed by atoms with Gasteiger partial charge in [-0.05, 0) is 84.0 Å². The Kier molecular flexibility index (Phi) is 7.48. The molecular formula is C32H32N4O4. The summed E-state index contributed by atoms with van der Waals surface area (Å²) < 4.78 is 13.9. The minimum absolute atomic E-state index is 0.00681. The summed E-state index contributed by atoms with van der Waals surface area (Å²) in [6.45, 7) is 1.80. The summed E-state index contributed by atoms with van der Waals surface area (Å²) >= 11 is 0. The lowest BCUT2D eigenvalue weighted by atomic mass is 9.87.